The second-order valence-electron chi connectivity index (χ2n) is 5.69. The highest BCUT2D eigenvalue weighted by Crippen LogP contribution is 2.44. The van der Waals surface area contributed by atoms with Gasteiger partial charge in [0.2, 0.25) is 0 Å². The van der Waals surface area contributed by atoms with E-state index in [2.05, 4.69) is 11.2 Å². The van der Waals surface area contributed by atoms with Gasteiger partial charge in [0.25, 0.3) is 0 Å². The summed E-state index contributed by atoms with van der Waals surface area (Å²) < 4.78 is 7.99. The van der Waals surface area contributed by atoms with Gasteiger partial charge in [-0.2, -0.15) is 10.4 Å². The molecule has 1 aliphatic carbocycles. The van der Waals surface area contributed by atoms with Crippen LogP contribution in [0.15, 0.2) is 24.3 Å². The fourth-order valence-electron chi connectivity index (χ4n) is 2.58. The van der Waals surface area contributed by atoms with E-state index in [1.165, 1.54) is 12.8 Å². The average molecular weight is 296 g/mol. The Kier molecular flexibility index (Phi) is 4.12. The summed E-state index contributed by atoms with van der Waals surface area (Å²) in [5.41, 5.74) is 9.38. The molecule has 0 amide bonds. The summed E-state index contributed by atoms with van der Waals surface area (Å²) in [5.74, 6) is 1.41. The van der Waals surface area contributed by atoms with Crippen molar-refractivity contribution < 1.29 is 4.74 Å². The van der Waals surface area contributed by atoms with E-state index >= 15 is 0 Å². The Morgan fingerprint density at radius 2 is 2.27 bits per heavy atom. The molecule has 0 saturated heterocycles. The molecule has 0 bridgehead atoms. The van der Waals surface area contributed by atoms with Crippen molar-refractivity contribution in [2.75, 3.05) is 6.54 Å². The van der Waals surface area contributed by atoms with E-state index in [1.807, 2.05) is 29.8 Å². The van der Waals surface area contributed by atoms with E-state index in [-0.39, 0.29) is 0 Å². The van der Waals surface area contributed by atoms with Crippen molar-refractivity contribution in [3.05, 3.63) is 46.8 Å². The molecule has 114 valence electrons. The first-order valence-electron chi connectivity index (χ1n) is 7.62. The van der Waals surface area contributed by atoms with Crippen LogP contribution in [-0.2, 0) is 13.2 Å². The van der Waals surface area contributed by atoms with Crippen LogP contribution in [0.2, 0.25) is 0 Å². The molecule has 1 aromatic carbocycles. The van der Waals surface area contributed by atoms with Crippen LogP contribution in [0.3, 0.4) is 0 Å². The number of hydrogen-bond donors (Lipinski definition) is 1. The second kappa shape index (κ2) is 6.20. The normalized spacial score (nSPS) is 13.9. The Hall–Kier alpha value is -2.32. The van der Waals surface area contributed by atoms with Crippen molar-refractivity contribution in [2.45, 2.75) is 38.8 Å². The van der Waals surface area contributed by atoms with Crippen LogP contribution < -0.4 is 10.5 Å². The summed E-state index contributed by atoms with van der Waals surface area (Å²) in [7, 11) is 0. The van der Waals surface area contributed by atoms with Gasteiger partial charge in [-0.1, -0.05) is 12.1 Å². The predicted molar refractivity (Wildman–Crippen MR) is 83.5 cm³/mol. The molecule has 1 heterocycles. The number of rotatable bonds is 6. The number of nitrogens with zero attached hydrogens (tertiary/aromatic N) is 3. The quantitative estimate of drug-likeness (QED) is 0.888. The third kappa shape index (κ3) is 2.97. The van der Waals surface area contributed by atoms with Gasteiger partial charge < -0.3 is 10.5 Å². The lowest BCUT2D eigenvalue weighted by atomic mass is 10.1. The van der Waals surface area contributed by atoms with Crippen molar-refractivity contribution in [1.82, 2.24) is 9.78 Å². The molecular formula is C17H20N4O. The molecule has 0 atom stereocenters. The summed E-state index contributed by atoms with van der Waals surface area (Å²) in [5, 5.41) is 13.6. The van der Waals surface area contributed by atoms with E-state index in [0.717, 1.165) is 22.7 Å². The monoisotopic (exact) mass is 296 g/mol. The lowest BCUT2D eigenvalue weighted by molar-refractivity contribution is 0.300. The van der Waals surface area contributed by atoms with Crippen LogP contribution in [-0.4, -0.2) is 16.3 Å². The van der Waals surface area contributed by atoms with Crippen molar-refractivity contribution in [2.24, 2.45) is 5.73 Å². The van der Waals surface area contributed by atoms with Gasteiger partial charge in [0.05, 0.1) is 23.9 Å². The first kappa shape index (κ1) is 14.6. The van der Waals surface area contributed by atoms with Gasteiger partial charge in [-0.25, -0.2) is 0 Å². The van der Waals surface area contributed by atoms with Crippen LogP contribution in [0.1, 0.15) is 41.3 Å². The minimum atomic E-state index is 0.449. The molecule has 0 spiro atoms. The summed E-state index contributed by atoms with van der Waals surface area (Å²) in [6.07, 6.45) is 2.36. The fourth-order valence-corrected chi connectivity index (χ4v) is 2.58. The molecule has 5 heteroatoms. The molecule has 5 nitrogen and oxygen atoms in total. The molecule has 0 radical (unpaired) electrons. The maximum atomic E-state index is 8.96. The number of nitrogens with two attached hydrogens (primary N) is 1. The highest BCUT2D eigenvalue weighted by molar-refractivity contribution is 5.38. The van der Waals surface area contributed by atoms with Crippen LogP contribution in [0.5, 0.6) is 5.75 Å². The van der Waals surface area contributed by atoms with Gasteiger partial charge in [0, 0.05) is 12.5 Å². The van der Waals surface area contributed by atoms with E-state index in [9.17, 15) is 0 Å². The summed E-state index contributed by atoms with van der Waals surface area (Å²) in [4.78, 5) is 0. The minimum Gasteiger partial charge on any atom is -0.485 e. The highest BCUT2D eigenvalue weighted by atomic mass is 16.5. The van der Waals surface area contributed by atoms with Gasteiger partial charge in [-0.15, -0.1) is 0 Å². The zero-order chi connectivity index (χ0) is 15.5. The number of nitriles is 1. The molecule has 0 unspecified atom stereocenters. The summed E-state index contributed by atoms with van der Waals surface area (Å²) in [6, 6.07) is 9.65. The smallest absolute Gasteiger partial charge is 0.164 e. The Balaban J connectivity index is 1.80. The SMILES string of the molecule is Cc1c(OCc2cccc(C#N)c2)c(C2CC2)nn1CCN. The lowest BCUT2D eigenvalue weighted by Gasteiger charge is -2.08. The first-order chi connectivity index (χ1) is 10.7. The third-order valence-electron chi connectivity index (χ3n) is 3.92. The lowest BCUT2D eigenvalue weighted by Crippen LogP contribution is -2.12. The Labute approximate surface area is 130 Å². The zero-order valence-corrected chi connectivity index (χ0v) is 12.7. The number of aromatic nitrogens is 2. The maximum absolute atomic E-state index is 8.96. The van der Waals surface area contributed by atoms with Crippen molar-refractivity contribution >= 4 is 0 Å². The van der Waals surface area contributed by atoms with Gasteiger partial charge in [-0.05, 0) is 37.5 Å². The van der Waals surface area contributed by atoms with Crippen LogP contribution >= 0.6 is 0 Å². The molecule has 2 aromatic rings. The minimum absolute atomic E-state index is 0.449. The molecular weight excluding hydrogens is 276 g/mol. The zero-order valence-electron chi connectivity index (χ0n) is 12.7. The largest absolute Gasteiger partial charge is 0.485 e. The number of ether oxygens (including phenoxy) is 1. The van der Waals surface area contributed by atoms with E-state index < -0.39 is 0 Å². The average Bonchev–Trinajstić information content (AvgIpc) is 3.33. The Morgan fingerprint density at radius 1 is 1.45 bits per heavy atom. The Bertz CT molecular complexity index is 710. The molecule has 1 aliphatic rings. The molecule has 1 aromatic heterocycles. The fraction of sp³-hybridized carbons (Fsp3) is 0.412. The Morgan fingerprint density at radius 3 is 2.95 bits per heavy atom. The van der Waals surface area contributed by atoms with Crippen LogP contribution in [0, 0.1) is 18.3 Å². The van der Waals surface area contributed by atoms with Gasteiger partial charge in [0.15, 0.2) is 5.75 Å². The number of benzene rings is 1. The molecule has 0 aliphatic heterocycles. The highest BCUT2D eigenvalue weighted by Gasteiger charge is 2.31. The first-order valence-corrected chi connectivity index (χ1v) is 7.62. The van der Waals surface area contributed by atoms with Crippen molar-refractivity contribution in [3.8, 4) is 11.8 Å². The molecule has 1 saturated carbocycles. The van der Waals surface area contributed by atoms with Gasteiger partial charge >= 0.3 is 0 Å². The van der Waals surface area contributed by atoms with Crippen LogP contribution in [0.4, 0.5) is 0 Å². The summed E-state index contributed by atoms with van der Waals surface area (Å²) in [6.45, 7) is 3.75. The molecule has 3 rings (SSSR count). The summed E-state index contributed by atoms with van der Waals surface area (Å²) >= 11 is 0. The molecule has 1 fully saturated rings. The molecule has 2 N–H and O–H groups in total. The van der Waals surface area contributed by atoms with Crippen molar-refractivity contribution in [1.29, 1.82) is 5.26 Å². The van der Waals surface area contributed by atoms with E-state index in [4.69, 9.17) is 15.7 Å². The van der Waals surface area contributed by atoms with Crippen LogP contribution in [0.25, 0.3) is 0 Å². The molecule has 22 heavy (non-hydrogen) atoms. The number of hydrogen-bond acceptors (Lipinski definition) is 4. The maximum Gasteiger partial charge on any atom is 0.164 e. The standard InChI is InChI=1S/C17H20N4O/c1-12-17(16(15-5-6-15)20-21(12)8-7-18)22-11-14-4-2-3-13(9-14)10-19/h2-4,9,15H,5-8,11,18H2,1H3. The van der Waals surface area contributed by atoms with Crippen molar-refractivity contribution in [3.63, 3.8) is 0 Å². The third-order valence-corrected chi connectivity index (χ3v) is 3.92. The topological polar surface area (TPSA) is 76.9 Å². The second-order valence-corrected chi connectivity index (χ2v) is 5.69. The van der Waals surface area contributed by atoms with E-state index in [0.29, 0.717) is 31.2 Å². The van der Waals surface area contributed by atoms with E-state index in [1.54, 1.807) is 6.07 Å². The van der Waals surface area contributed by atoms with Gasteiger partial charge in [-0.3, -0.25) is 4.68 Å². The predicted octanol–water partition coefficient (Wildman–Crippen LogP) is 2.48. The van der Waals surface area contributed by atoms with Gasteiger partial charge in [0.1, 0.15) is 12.3 Å².